The fraction of sp³-hybridized carbons (Fsp3) is 0.227. The van der Waals surface area contributed by atoms with Crippen molar-refractivity contribution in [1.82, 2.24) is 0 Å². The highest BCUT2D eigenvalue weighted by Crippen LogP contribution is 2.62. The summed E-state index contributed by atoms with van der Waals surface area (Å²) in [7, 11) is 0. The van der Waals surface area contributed by atoms with E-state index in [0.717, 1.165) is 144 Å². The Morgan fingerprint density at radius 2 is 0.236 bits per heavy atom. The van der Waals surface area contributed by atoms with Crippen LogP contribution in [0.15, 0.2) is 507 Å². The molecule has 0 amide bonds. The Labute approximate surface area is 840 Å². The SMILES string of the molecule is O=C1C=C[C@]2(F)CCCC(c3ccccc3)(c3ccccc3)C2=C1.O=C1C=C[C@]2(F)CCCC(c3ccccc3)(c3ccccc3)C2=C1.O=C1C=C[C@]2(F)CCCC(c3ccccc3)(c3ccccc3)C2=C1.O=C1C=C[C@]2(F)CCCC(c3ccccc3)(c3ccccc3)C2=C1.O=C1C=C[C@]2(F)CCCC(c3ccccc3)(c3ccccc3)C2=C1.O=C1C=C[C@]2(F)CCCC(c3ccccc3)(c3ccccc3)C2=C1. The van der Waals surface area contributed by atoms with Crippen LogP contribution >= 0.6 is 0 Å². The molecule has 6 nitrogen and oxygen atoms in total. The van der Waals surface area contributed by atoms with Crippen molar-refractivity contribution in [3.05, 3.63) is 574 Å². The first kappa shape index (κ1) is 97.9. The van der Waals surface area contributed by atoms with Gasteiger partial charge in [-0.2, -0.15) is 0 Å². The number of ketones is 6. The first-order valence-electron chi connectivity index (χ1n) is 50.5. The van der Waals surface area contributed by atoms with Gasteiger partial charge in [0.2, 0.25) is 0 Å². The monoisotopic (exact) mass is 1910 g/mol. The summed E-state index contributed by atoms with van der Waals surface area (Å²) in [4.78, 5) is 72.5. The zero-order chi connectivity index (χ0) is 99.7. The summed E-state index contributed by atoms with van der Waals surface area (Å²) in [5, 5.41) is 0. The second kappa shape index (κ2) is 40.9. The molecule has 24 rings (SSSR count). The molecule has 0 spiro atoms. The molecule has 12 aliphatic carbocycles. The molecular formula is C132H114F6O6. The predicted molar refractivity (Wildman–Crippen MR) is 562 cm³/mol. The number of hydrogen-bond donors (Lipinski definition) is 0. The molecule has 0 N–H and O–H groups in total. The van der Waals surface area contributed by atoms with Gasteiger partial charge in [0.15, 0.2) is 68.7 Å². The zero-order valence-electron chi connectivity index (χ0n) is 80.5. The van der Waals surface area contributed by atoms with Gasteiger partial charge in [0.05, 0.1) is 0 Å². The first-order chi connectivity index (χ1) is 69.9. The van der Waals surface area contributed by atoms with E-state index in [2.05, 4.69) is 0 Å². The van der Waals surface area contributed by atoms with Crippen LogP contribution in [0.1, 0.15) is 182 Å². The molecule has 6 atom stereocenters. The summed E-state index contributed by atoms with van der Waals surface area (Å²) in [6.07, 6.45) is 38.2. The van der Waals surface area contributed by atoms with Gasteiger partial charge in [-0.05, 0) is 325 Å². The van der Waals surface area contributed by atoms with Crippen molar-refractivity contribution in [3.63, 3.8) is 0 Å². The lowest BCUT2D eigenvalue weighted by Gasteiger charge is -2.47. The number of rotatable bonds is 12. The second-order valence-electron chi connectivity index (χ2n) is 39.9. The summed E-state index contributed by atoms with van der Waals surface area (Å²) >= 11 is 0. The van der Waals surface area contributed by atoms with Gasteiger partial charge in [0.1, 0.15) is 0 Å². The lowest BCUT2D eigenvalue weighted by atomic mass is 9.57. The topological polar surface area (TPSA) is 102 Å². The van der Waals surface area contributed by atoms with Gasteiger partial charge >= 0.3 is 0 Å². The molecule has 0 aromatic heterocycles. The maximum absolute atomic E-state index is 15.7. The molecule has 720 valence electrons. The highest BCUT2D eigenvalue weighted by Gasteiger charge is 2.59. The van der Waals surface area contributed by atoms with Crippen LogP contribution in [0.5, 0.6) is 0 Å². The molecule has 12 aromatic carbocycles. The molecule has 12 heteroatoms. The summed E-state index contributed by atoms with van der Waals surface area (Å²) in [5.41, 5.74) is 3.33. The van der Waals surface area contributed by atoms with Crippen LogP contribution in [0.4, 0.5) is 26.3 Å². The standard InChI is InChI=1S/6C22H19FO/c6*23-21-13-7-14-22(17-8-3-1-4-9-17,18-10-5-2-6-11-18)20(21)16-19(24)12-15-21/h6*1-6,8-12,15-16H,7,13-14H2/t6*21-/m111111/s1. The third-order valence-corrected chi connectivity index (χ3v) is 32.0. The predicted octanol–water partition coefficient (Wildman–Crippen LogP) is 29.6. The van der Waals surface area contributed by atoms with E-state index in [0.29, 0.717) is 72.0 Å². The first-order valence-corrected chi connectivity index (χ1v) is 50.5. The Morgan fingerprint density at radius 1 is 0.139 bits per heavy atom. The van der Waals surface area contributed by atoms with Gasteiger partial charge in [-0.25, -0.2) is 26.3 Å². The highest BCUT2D eigenvalue weighted by atomic mass is 19.2. The molecular weight excluding hydrogens is 1800 g/mol. The Kier molecular flexibility index (Phi) is 27.8. The molecule has 6 saturated carbocycles. The average Bonchev–Trinajstić information content (AvgIpc) is 0.744. The smallest absolute Gasteiger partial charge is 0.178 e. The average molecular weight is 1910 g/mol. The number of alkyl halides is 6. The quantitative estimate of drug-likeness (QED) is 0.113. The van der Waals surface area contributed by atoms with E-state index in [-0.39, 0.29) is 34.7 Å². The number of carbonyl (C=O) groups is 6. The van der Waals surface area contributed by atoms with Crippen LogP contribution in [0, 0.1) is 0 Å². The minimum Gasteiger partial charge on any atom is -0.290 e. The van der Waals surface area contributed by atoms with Crippen LogP contribution in [0.3, 0.4) is 0 Å². The molecule has 0 unspecified atom stereocenters. The third-order valence-electron chi connectivity index (χ3n) is 32.0. The van der Waals surface area contributed by atoms with Crippen molar-refractivity contribution >= 4 is 34.7 Å². The number of hydrogen-bond acceptors (Lipinski definition) is 6. The molecule has 12 aliphatic rings. The zero-order valence-corrected chi connectivity index (χ0v) is 80.5. The molecule has 6 fully saturated rings. The fourth-order valence-corrected chi connectivity index (χ4v) is 25.6. The second-order valence-corrected chi connectivity index (χ2v) is 39.9. The number of halogens is 6. The van der Waals surface area contributed by atoms with Gasteiger partial charge in [-0.15, -0.1) is 0 Å². The number of carbonyl (C=O) groups excluding carboxylic acids is 6. The Morgan fingerprint density at radius 3 is 0.333 bits per heavy atom. The summed E-state index contributed by atoms with van der Waals surface area (Å²) < 4.78 is 94.5. The number of allylic oxidation sites excluding steroid dienone is 24. The fourth-order valence-electron chi connectivity index (χ4n) is 25.6. The van der Waals surface area contributed by atoms with Crippen molar-refractivity contribution in [2.75, 3.05) is 0 Å². The molecule has 12 aromatic rings. The number of benzene rings is 12. The number of fused-ring (bicyclic) bond motifs is 6. The van der Waals surface area contributed by atoms with E-state index in [4.69, 9.17) is 0 Å². The van der Waals surface area contributed by atoms with Crippen LogP contribution < -0.4 is 0 Å². The van der Waals surface area contributed by atoms with Crippen LogP contribution in [0.2, 0.25) is 0 Å². The minimum absolute atomic E-state index is 0.128. The van der Waals surface area contributed by atoms with Gasteiger partial charge in [-0.3, -0.25) is 28.8 Å². The van der Waals surface area contributed by atoms with Crippen molar-refractivity contribution in [2.45, 2.75) is 182 Å². The van der Waals surface area contributed by atoms with Gasteiger partial charge in [0.25, 0.3) is 0 Å². The van der Waals surface area contributed by atoms with Crippen LogP contribution in [-0.2, 0) is 61.3 Å². The molecule has 0 saturated heterocycles. The molecule has 0 heterocycles. The maximum Gasteiger partial charge on any atom is 0.178 e. The maximum atomic E-state index is 15.7. The van der Waals surface area contributed by atoms with Crippen molar-refractivity contribution < 1.29 is 55.1 Å². The van der Waals surface area contributed by atoms with E-state index in [1.165, 1.54) is 109 Å². The van der Waals surface area contributed by atoms with Gasteiger partial charge in [-0.1, -0.05) is 364 Å². The lowest BCUT2D eigenvalue weighted by Crippen LogP contribution is -2.45. The minimum atomic E-state index is -1.54. The third kappa shape index (κ3) is 18.2. The van der Waals surface area contributed by atoms with Gasteiger partial charge in [0, 0.05) is 32.5 Å². The van der Waals surface area contributed by atoms with Gasteiger partial charge < -0.3 is 0 Å². The summed E-state index contributed by atoms with van der Waals surface area (Å²) in [6, 6.07) is 120. The molecule has 0 radical (unpaired) electrons. The van der Waals surface area contributed by atoms with E-state index in [1.807, 2.05) is 364 Å². The largest absolute Gasteiger partial charge is 0.290 e. The Hall–Kier alpha value is -14.9. The van der Waals surface area contributed by atoms with E-state index >= 15 is 26.3 Å². The Balaban J connectivity index is 0.000000109. The highest BCUT2D eigenvalue weighted by molar-refractivity contribution is 6.05. The van der Waals surface area contributed by atoms with E-state index in [1.54, 1.807) is 0 Å². The van der Waals surface area contributed by atoms with Crippen molar-refractivity contribution in [2.24, 2.45) is 0 Å². The molecule has 0 aliphatic heterocycles. The van der Waals surface area contributed by atoms with Crippen molar-refractivity contribution in [1.29, 1.82) is 0 Å². The molecule has 144 heavy (non-hydrogen) atoms. The van der Waals surface area contributed by atoms with E-state index < -0.39 is 66.5 Å². The van der Waals surface area contributed by atoms with Crippen LogP contribution in [0.25, 0.3) is 0 Å². The summed E-state index contributed by atoms with van der Waals surface area (Å²) in [5.74, 6) is -0.770. The summed E-state index contributed by atoms with van der Waals surface area (Å²) in [6.45, 7) is 0. The lowest BCUT2D eigenvalue weighted by molar-refractivity contribution is -0.111. The normalized spacial score (nSPS) is 25.0. The Bertz CT molecular complexity index is 5790. The van der Waals surface area contributed by atoms with Crippen LogP contribution in [-0.4, -0.2) is 68.7 Å². The van der Waals surface area contributed by atoms with E-state index in [9.17, 15) is 28.8 Å². The molecule has 0 bridgehead atoms. The van der Waals surface area contributed by atoms with Crippen molar-refractivity contribution in [3.8, 4) is 0 Å².